The zero-order valence-corrected chi connectivity index (χ0v) is 12.5. The Labute approximate surface area is 118 Å². The van der Waals surface area contributed by atoms with Crippen LogP contribution in [0.1, 0.15) is 18.4 Å². The number of sulfone groups is 1. The summed E-state index contributed by atoms with van der Waals surface area (Å²) in [5.41, 5.74) is 6.96. The third-order valence-electron chi connectivity index (χ3n) is 2.57. The second-order valence-corrected chi connectivity index (χ2v) is 7.56. The summed E-state index contributed by atoms with van der Waals surface area (Å²) in [6.07, 6.45) is 3.16. The smallest absolute Gasteiger partial charge is 0.147 e. The zero-order valence-electron chi connectivity index (χ0n) is 10.2. The van der Waals surface area contributed by atoms with Crippen molar-refractivity contribution in [1.29, 1.82) is 0 Å². The van der Waals surface area contributed by atoms with Crippen LogP contribution in [0.4, 0.5) is 0 Å². The molecule has 0 saturated carbocycles. The third kappa shape index (κ3) is 6.05. The monoisotopic (exact) mass is 309 g/mol. The molecule has 3 nitrogen and oxygen atoms in total. The van der Waals surface area contributed by atoms with Crippen molar-refractivity contribution in [2.45, 2.75) is 25.3 Å². The molecule has 1 aromatic rings. The number of benzene rings is 1. The van der Waals surface area contributed by atoms with Gasteiger partial charge in [-0.2, -0.15) is 0 Å². The van der Waals surface area contributed by atoms with E-state index in [1.807, 2.05) is 6.07 Å². The van der Waals surface area contributed by atoms with Gasteiger partial charge in [-0.15, -0.1) is 0 Å². The van der Waals surface area contributed by atoms with E-state index < -0.39 is 9.84 Å². The van der Waals surface area contributed by atoms with Gasteiger partial charge in [0.25, 0.3) is 0 Å². The first-order valence-electron chi connectivity index (χ1n) is 5.65. The predicted octanol–water partition coefficient (Wildman–Crippen LogP) is 2.69. The van der Waals surface area contributed by atoms with Crippen LogP contribution in [0, 0.1) is 0 Å². The molecule has 1 rings (SSSR count). The molecule has 18 heavy (non-hydrogen) atoms. The van der Waals surface area contributed by atoms with Crippen LogP contribution in [-0.4, -0.2) is 26.5 Å². The quantitative estimate of drug-likeness (QED) is 0.879. The largest absolute Gasteiger partial charge is 0.327 e. The number of nitrogens with two attached hydrogens (primary N) is 1. The summed E-state index contributed by atoms with van der Waals surface area (Å²) < 4.78 is 22.0. The summed E-state index contributed by atoms with van der Waals surface area (Å²) in [5, 5.41) is 1.03. The molecular formula is C12H17Cl2NO2S. The lowest BCUT2D eigenvalue weighted by Gasteiger charge is -2.11. The van der Waals surface area contributed by atoms with Gasteiger partial charge in [-0.25, -0.2) is 8.42 Å². The maximum Gasteiger partial charge on any atom is 0.147 e. The number of hydrogen-bond donors (Lipinski definition) is 1. The normalized spacial score (nSPS) is 13.6. The highest BCUT2D eigenvalue weighted by atomic mass is 35.5. The van der Waals surface area contributed by atoms with Gasteiger partial charge in [-0.1, -0.05) is 29.3 Å². The molecule has 0 saturated heterocycles. The first-order chi connectivity index (χ1) is 8.28. The lowest BCUT2D eigenvalue weighted by molar-refractivity contribution is 0.577. The average Bonchev–Trinajstić information content (AvgIpc) is 2.21. The van der Waals surface area contributed by atoms with Gasteiger partial charge in [0, 0.05) is 18.1 Å². The molecule has 0 fully saturated rings. The molecule has 6 heteroatoms. The fourth-order valence-corrected chi connectivity index (χ4v) is 2.69. The van der Waals surface area contributed by atoms with Gasteiger partial charge in [0.1, 0.15) is 9.84 Å². The van der Waals surface area contributed by atoms with E-state index in [2.05, 4.69) is 0 Å². The second-order valence-electron chi connectivity index (χ2n) is 4.48. The molecule has 0 bridgehead atoms. The lowest BCUT2D eigenvalue weighted by Crippen LogP contribution is -2.23. The van der Waals surface area contributed by atoms with Crippen LogP contribution in [0.2, 0.25) is 10.0 Å². The van der Waals surface area contributed by atoms with Crippen molar-refractivity contribution in [1.82, 2.24) is 0 Å². The molecule has 0 aliphatic carbocycles. The van der Waals surface area contributed by atoms with Crippen LogP contribution in [0.15, 0.2) is 18.2 Å². The summed E-state index contributed by atoms with van der Waals surface area (Å²) in [4.78, 5) is 0. The lowest BCUT2D eigenvalue weighted by atomic mass is 10.0. The van der Waals surface area contributed by atoms with E-state index >= 15 is 0 Å². The Hall–Kier alpha value is -0.290. The van der Waals surface area contributed by atoms with E-state index in [4.69, 9.17) is 28.9 Å². The van der Waals surface area contributed by atoms with Crippen LogP contribution in [0.3, 0.4) is 0 Å². The Morgan fingerprint density at radius 1 is 1.28 bits per heavy atom. The average molecular weight is 310 g/mol. The highest BCUT2D eigenvalue weighted by Gasteiger charge is 2.08. The van der Waals surface area contributed by atoms with Crippen LogP contribution >= 0.6 is 23.2 Å². The summed E-state index contributed by atoms with van der Waals surface area (Å²) in [6.45, 7) is 0. The molecule has 0 aromatic heterocycles. The molecule has 102 valence electrons. The van der Waals surface area contributed by atoms with Crippen LogP contribution in [0.25, 0.3) is 0 Å². The molecular weight excluding hydrogens is 293 g/mol. The van der Waals surface area contributed by atoms with Crippen LogP contribution < -0.4 is 5.73 Å². The Bertz CT molecular complexity index is 503. The van der Waals surface area contributed by atoms with Crippen molar-refractivity contribution in [3.05, 3.63) is 33.8 Å². The molecule has 1 atom stereocenters. The Kier molecular flexibility index (Phi) is 5.92. The van der Waals surface area contributed by atoms with Gasteiger partial charge in [-0.05, 0) is 37.0 Å². The van der Waals surface area contributed by atoms with Crippen LogP contribution in [-0.2, 0) is 16.3 Å². The fraction of sp³-hybridized carbons (Fsp3) is 0.500. The summed E-state index contributed by atoms with van der Waals surface area (Å²) in [6, 6.07) is 5.34. The topological polar surface area (TPSA) is 60.2 Å². The maximum absolute atomic E-state index is 11.0. The second kappa shape index (κ2) is 6.75. The van der Waals surface area contributed by atoms with Crippen molar-refractivity contribution < 1.29 is 8.42 Å². The Balaban J connectivity index is 2.44. The van der Waals surface area contributed by atoms with Gasteiger partial charge in [0.05, 0.1) is 10.0 Å². The minimum Gasteiger partial charge on any atom is -0.327 e. The predicted molar refractivity (Wildman–Crippen MR) is 77.1 cm³/mol. The fourth-order valence-electron chi connectivity index (χ4n) is 1.68. The zero-order chi connectivity index (χ0) is 13.8. The molecule has 0 spiro atoms. The minimum atomic E-state index is -2.90. The van der Waals surface area contributed by atoms with Crippen molar-refractivity contribution in [2.24, 2.45) is 5.73 Å². The van der Waals surface area contributed by atoms with E-state index in [1.165, 1.54) is 6.26 Å². The Morgan fingerprint density at radius 3 is 2.50 bits per heavy atom. The maximum atomic E-state index is 11.0. The summed E-state index contributed by atoms with van der Waals surface area (Å²) in [5.74, 6) is 0.183. The SMILES string of the molecule is CS(=O)(=O)CCCC(N)Cc1ccc(Cl)c(Cl)c1. The standard InChI is InChI=1S/C12H17Cl2NO2S/c1-18(16,17)6-2-3-10(15)7-9-4-5-11(13)12(14)8-9/h4-5,8,10H,2-3,6-7,15H2,1H3. The number of halogens is 2. The first kappa shape index (κ1) is 15.8. The van der Waals surface area contributed by atoms with Gasteiger partial charge in [-0.3, -0.25) is 0 Å². The number of rotatable bonds is 6. The molecule has 0 aliphatic rings. The van der Waals surface area contributed by atoms with E-state index in [1.54, 1.807) is 12.1 Å². The molecule has 2 N–H and O–H groups in total. The van der Waals surface area contributed by atoms with E-state index in [0.29, 0.717) is 29.3 Å². The highest BCUT2D eigenvalue weighted by molar-refractivity contribution is 7.90. The van der Waals surface area contributed by atoms with E-state index in [-0.39, 0.29) is 11.8 Å². The molecule has 0 heterocycles. The summed E-state index contributed by atoms with van der Waals surface area (Å²) in [7, 11) is -2.90. The minimum absolute atomic E-state index is 0.0657. The summed E-state index contributed by atoms with van der Waals surface area (Å²) >= 11 is 11.7. The molecule has 0 aliphatic heterocycles. The van der Waals surface area contributed by atoms with Crippen molar-refractivity contribution >= 4 is 33.0 Å². The van der Waals surface area contributed by atoms with Gasteiger partial charge >= 0.3 is 0 Å². The van der Waals surface area contributed by atoms with E-state index in [9.17, 15) is 8.42 Å². The van der Waals surface area contributed by atoms with Crippen molar-refractivity contribution in [3.63, 3.8) is 0 Å². The number of hydrogen-bond acceptors (Lipinski definition) is 3. The van der Waals surface area contributed by atoms with Gasteiger partial charge < -0.3 is 5.73 Å². The van der Waals surface area contributed by atoms with Gasteiger partial charge in [0.15, 0.2) is 0 Å². The van der Waals surface area contributed by atoms with Crippen molar-refractivity contribution in [3.8, 4) is 0 Å². The first-order valence-corrected chi connectivity index (χ1v) is 8.47. The Morgan fingerprint density at radius 2 is 1.94 bits per heavy atom. The molecule has 0 radical (unpaired) electrons. The molecule has 1 unspecified atom stereocenters. The van der Waals surface area contributed by atoms with Crippen molar-refractivity contribution in [2.75, 3.05) is 12.0 Å². The van der Waals surface area contributed by atoms with E-state index in [0.717, 1.165) is 5.56 Å². The third-order valence-corrected chi connectivity index (χ3v) is 4.34. The molecule has 1 aromatic carbocycles. The van der Waals surface area contributed by atoms with Gasteiger partial charge in [0.2, 0.25) is 0 Å². The molecule has 0 amide bonds. The van der Waals surface area contributed by atoms with Crippen LogP contribution in [0.5, 0.6) is 0 Å². The highest BCUT2D eigenvalue weighted by Crippen LogP contribution is 2.23.